The van der Waals surface area contributed by atoms with Gasteiger partial charge in [0.1, 0.15) is 0 Å². The van der Waals surface area contributed by atoms with Crippen LogP contribution >= 0.6 is 0 Å². The average molecular weight is 165 g/mol. The molecule has 4 nitrogen and oxygen atoms in total. The van der Waals surface area contributed by atoms with Gasteiger partial charge < -0.3 is 0 Å². The molecule has 0 amide bonds. The third-order valence-corrected chi connectivity index (χ3v) is 2.54. The van der Waals surface area contributed by atoms with Crippen molar-refractivity contribution < 1.29 is 12.6 Å². The smallest absolute Gasteiger partial charge is 0.256 e. The molecular weight excluding hydrogens is 154 g/mol. The molecule has 0 aromatic heterocycles. The predicted octanol–water partition coefficient (Wildman–Crippen LogP) is -0.124. The molecule has 1 fully saturated rings. The monoisotopic (exact) mass is 165 g/mol. The van der Waals surface area contributed by atoms with E-state index < -0.39 is 10.3 Å². The molecule has 1 aliphatic rings. The molecule has 1 N–H and O–H groups in total. The van der Waals surface area contributed by atoms with E-state index in [-0.39, 0.29) is 18.6 Å². The maximum absolute atomic E-state index is 10.6. The van der Waals surface area contributed by atoms with Crippen molar-refractivity contribution in [2.24, 2.45) is 5.92 Å². The van der Waals surface area contributed by atoms with Gasteiger partial charge in [-0.2, -0.15) is 13.1 Å². The van der Waals surface area contributed by atoms with E-state index in [0.29, 0.717) is 0 Å². The fourth-order valence-electron chi connectivity index (χ4n) is 0.745. The quantitative estimate of drug-likeness (QED) is 0.589. The van der Waals surface area contributed by atoms with E-state index in [1.807, 2.05) is 13.8 Å². The molecule has 10 heavy (non-hydrogen) atoms. The molecule has 1 heterocycles. The number of nitrogens with one attached hydrogen (secondary N) is 1. The molecule has 0 spiro atoms. The Morgan fingerprint density at radius 2 is 2.20 bits per heavy atom. The zero-order valence-electron chi connectivity index (χ0n) is 5.99. The van der Waals surface area contributed by atoms with Crippen LogP contribution in [0.1, 0.15) is 13.8 Å². The Balaban J connectivity index is 2.60. The summed E-state index contributed by atoms with van der Waals surface area (Å²) >= 11 is 0. The molecular formula is C5H11NO3S. The fraction of sp³-hybridized carbons (Fsp3) is 1.00. The van der Waals surface area contributed by atoms with Crippen molar-refractivity contribution in [3.05, 3.63) is 0 Å². The Bertz CT molecular complexity index is 209. The summed E-state index contributed by atoms with van der Waals surface area (Å²) < 4.78 is 28.1. The van der Waals surface area contributed by atoms with Gasteiger partial charge in [0.25, 0.3) is 0 Å². The van der Waals surface area contributed by atoms with E-state index in [1.54, 1.807) is 0 Å². The van der Waals surface area contributed by atoms with Crippen LogP contribution in [0.15, 0.2) is 0 Å². The number of hydrogen-bond donors (Lipinski definition) is 1. The van der Waals surface area contributed by atoms with Crippen LogP contribution in [-0.2, 0) is 14.5 Å². The molecule has 0 aromatic carbocycles. The molecule has 5 heteroatoms. The highest BCUT2D eigenvalue weighted by atomic mass is 32.2. The molecule has 0 bridgehead atoms. The highest BCUT2D eigenvalue weighted by Crippen LogP contribution is 2.11. The summed E-state index contributed by atoms with van der Waals surface area (Å²) in [5, 5.41) is 0. The van der Waals surface area contributed by atoms with Gasteiger partial charge in [-0.15, -0.1) is 0 Å². The maximum atomic E-state index is 10.6. The Labute approximate surface area is 60.8 Å². The summed E-state index contributed by atoms with van der Waals surface area (Å²) in [5.74, 6) is 0.289. The molecule has 1 unspecified atom stereocenters. The molecule has 0 aromatic rings. The second kappa shape index (κ2) is 2.48. The first-order chi connectivity index (χ1) is 4.51. The topological polar surface area (TPSA) is 55.4 Å². The van der Waals surface area contributed by atoms with Crippen LogP contribution in [0.3, 0.4) is 0 Å². The lowest BCUT2D eigenvalue weighted by Crippen LogP contribution is -2.31. The van der Waals surface area contributed by atoms with Crippen LogP contribution in [0.4, 0.5) is 0 Å². The van der Waals surface area contributed by atoms with Crippen LogP contribution < -0.4 is 4.72 Å². The minimum absolute atomic E-state index is 0.0509. The normalized spacial score (nSPS) is 31.3. The summed E-state index contributed by atoms with van der Waals surface area (Å²) in [5.41, 5.74) is 0. The van der Waals surface area contributed by atoms with Crippen LogP contribution in [0, 0.1) is 5.92 Å². The molecule has 0 radical (unpaired) electrons. The van der Waals surface area contributed by atoms with Crippen molar-refractivity contribution in [1.29, 1.82) is 0 Å². The summed E-state index contributed by atoms with van der Waals surface area (Å²) in [7, 11) is -3.39. The zero-order chi connectivity index (χ0) is 7.78. The van der Waals surface area contributed by atoms with Crippen LogP contribution in [-0.4, -0.2) is 21.1 Å². The van der Waals surface area contributed by atoms with Crippen molar-refractivity contribution >= 4 is 10.3 Å². The number of hydrogen-bond acceptors (Lipinski definition) is 3. The van der Waals surface area contributed by atoms with Crippen molar-refractivity contribution in [2.45, 2.75) is 19.9 Å². The minimum atomic E-state index is -3.39. The van der Waals surface area contributed by atoms with Crippen LogP contribution in [0.5, 0.6) is 0 Å². The van der Waals surface area contributed by atoms with Gasteiger partial charge in [-0.3, -0.25) is 4.18 Å². The summed E-state index contributed by atoms with van der Waals surface area (Å²) in [4.78, 5) is 0. The second-order valence-corrected chi connectivity index (χ2v) is 4.09. The summed E-state index contributed by atoms with van der Waals surface area (Å²) in [6.45, 7) is 4.16. The van der Waals surface area contributed by atoms with E-state index in [2.05, 4.69) is 8.91 Å². The lowest BCUT2D eigenvalue weighted by Gasteiger charge is -2.08. The van der Waals surface area contributed by atoms with Crippen molar-refractivity contribution in [2.75, 3.05) is 6.61 Å². The molecule has 1 aliphatic heterocycles. The van der Waals surface area contributed by atoms with E-state index in [0.717, 1.165) is 0 Å². The first kappa shape index (κ1) is 7.97. The van der Waals surface area contributed by atoms with E-state index in [1.165, 1.54) is 0 Å². The molecule has 60 valence electrons. The van der Waals surface area contributed by atoms with Crippen molar-refractivity contribution in [3.8, 4) is 0 Å². The Kier molecular flexibility index (Phi) is 1.98. The van der Waals surface area contributed by atoms with E-state index >= 15 is 0 Å². The third-order valence-electron chi connectivity index (χ3n) is 1.50. The SMILES string of the molecule is CC(C)C1COS(=O)(=O)N1. The van der Waals surface area contributed by atoms with Crippen molar-refractivity contribution in [1.82, 2.24) is 4.72 Å². The van der Waals surface area contributed by atoms with Gasteiger partial charge in [-0.1, -0.05) is 13.8 Å². The summed E-state index contributed by atoms with van der Waals surface area (Å²) in [6.07, 6.45) is 0. The first-order valence-electron chi connectivity index (χ1n) is 3.18. The average Bonchev–Trinajstić information content (AvgIpc) is 2.10. The molecule has 1 rings (SSSR count). The lowest BCUT2D eigenvalue weighted by atomic mass is 10.1. The van der Waals surface area contributed by atoms with Gasteiger partial charge in [-0.05, 0) is 5.92 Å². The molecule has 0 aliphatic carbocycles. The van der Waals surface area contributed by atoms with Gasteiger partial charge in [-0.25, -0.2) is 0 Å². The lowest BCUT2D eigenvalue weighted by molar-refractivity contribution is 0.309. The Morgan fingerprint density at radius 1 is 1.60 bits per heavy atom. The Hall–Kier alpha value is -0.130. The van der Waals surface area contributed by atoms with Gasteiger partial charge in [0.2, 0.25) is 0 Å². The molecule has 1 saturated heterocycles. The fourth-order valence-corrected chi connectivity index (χ4v) is 1.85. The first-order valence-corrected chi connectivity index (χ1v) is 4.59. The largest absolute Gasteiger partial charge is 0.336 e. The van der Waals surface area contributed by atoms with Gasteiger partial charge >= 0.3 is 10.3 Å². The third kappa shape index (κ3) is 1.68. The highest BCUT2D eigenvalue weighted by molar-refractivity contribution is 7.85. The van der Waals surface area contributed by atoms with Gasteiger partial charge in [0, 0.05) is 0 Å². The number of rotatable bonds is 1. The summed E-state index contributed by atoms with van der Waals surface area (Å²) in [6, 6.07) is -0.0509. The molecule has 0 saturated carbocycles. The van der Waals surface area contributed by atoms with Gasteiger partial charge in [0.15, 0.2) is 0 Å². The second-order valence-electron chi connectivity index (χ2n) is 2.71. The van der Waals surface area contributed by atoms with Crippen LogP contribution in [0.25, 0.3) is 0 Å². The maximum Gasteiger partial charge on any atom is 0.336 e. The standard InChI is InChI=1S/C5H11NO3S/c1-4(2)5-3-9-10(7,8)6-5/h4-6H,3H2,1-2H3. The van der Waals surface area contributed by atoms with Crippen LogP contribution in [0.2, 0.25) is 0 Å². The molecule has 1 atom stereocenters. The van der Waals surface area contributed by atoms with Crippen molar-refractivity contribution in [3.63, 3.8) is 0 Å². The highest BCUT2D eigenvalue weighted by Gasteiger charge is 2.29. The Morgan fingerprint density at radius 3 is 2.40 bits per heavy atom. The predicted molar refractivity (Wildman–Crippen MR) is 36.6 cm³/mol. The van der Waals surface area contributed by atoms with E-state index in [4.69, 9.17) is 0 Å². The zero-order valence-corrected chi connectivity index (χ0v) is 6.81. The minimum Gasteiger partial charge on any atom is -0.256 e. The van der Waals surface area contributed by atoms with E-state index in [9.17, 15) is 8.42 Å². The van der Waals surface area contributed by atoms with Gasteiger partial charge in [0.05, 0.1) is 12.6 Å².